The maximum absolute atomic E-state index is 12.6. The Hall–Kier alpha value is -0.810. The van der Waals surface area contributed by atoms with E-state index in [1.54, 1.807) is 6.07 Å². The number of hydrogen-bond donors (Lipinski definition) is 0. The second-order valence-corrected chi connectivity index (χ2v) is 6.43. The van der Waals surface area contributed by atoms with Crippen LogP contribution >= 0.6 is 0 Å². The van der Waals surface area contributed by atoms with Crippen molar-refractivity contribution < 1.29 is 21.6 Å². The van der Waals surface area contributed by atoms with Crippen molar-refractivity contribution in [2.75, 3.05) is 13.1 Å². The highest BCUT2D eigenvalue weighted by Crippen LogP contribution is 2.34. The zero-order valence-corrected chi connectivity index (χ0v) is 10.8. The summed E-state index contributed by atoms with van der Waals surface area (Å²) in [7, 11) is -3.95. The van der Waals surface area contributed by atoms with Gasteiger partial charge in [0, 0.05) is 13.1 Å². The third-order valence-corrected chi connectivity index (χ3v) is 5.29. The van der Waals surface area contributed by atoms with Crippen LogP contribution in [0.1, 0.15) is 26.2 Å². The Morgan fingerprint density at radius 1 is 1.50 bits per heavy atom. The fraction of sp³-hybridized carbons (Fsp3) is 0.900. The molecule has 0 aromatic carbocycles. The first-order valence-corrected chi connectivity index (χ1v) is 7.19. The van der Waals surface area contributed by atoms with Gasteiger partial charge in [0.25, 0.3) is 0 Å². The molecular weight excluding hydrogens is 269 g/mol. The topological polar surface area (TPSA) is 61.2 Å². The molecule has 0 aromatic heterocycles. The molecule has 18 heavy (non-hydrogen) atoms. The molecule has 1 saturated heterocycles. The summed E-state index contributed by atoms with van der Waals surface area (Å²) in [5, 5.41) is 7.48. The Morgan fingerprint density at radius 2 is 2.11 bits per heavy atom. The van der Waals surface area contributed by atoms with Crippen molar-refractivity contribution >= 4 is 10.0 Å². The molecule has 0 bridgehead atoms. The lowest BCUT2D eigenvalue weighted by atomic mass is 9.99. The number of piperidine rings is 1. The Kier molecular flexibility index (Phi) is 4.61. The van der Waals surface area contributed by atoms with Crippen molar-refractivity contribution in [2.24, 2.45) is 5.92 Å². The van der Waals surface area contributed by atoms with Crippen LogP contribution in [0, 0.1) is 17.2 Å². The Balaban J connectivity index is 2.88. The second kappa shape index (κ2) is 5.45. The van der Waals surface area contributed by atoms with E-state index in [9.17, 15) is 21.6 Å². The number of halogens is 3. The van der Waals surface area contributed by atoms with Gasteiger partial charge in [0.05, 0.1) is 12.0 Å². The summed E-state index contributed by atoms with van der Waals surface area (Å²) in [4.78, 5) is 0. The van der Waals surface area contributed by atoms with Crippen molar-refractivity contribution in [1.29, 1.82) is 5.26 Å². The van der Waals surface area contributed by atoms with Crippen LogP contribution in [0.5, 0.6) is 0 Å². The van der Waals surface area contributed by atoms with Crippen molar-refractivity contribution in [3.05, 3.63) is 0 Å². The van der Waals surface area contributed by atoms with Crippen LogP contribution in [-0.4, -0.2) is 37.2 Å². The van der Waals surface area contributed by atoms with Crippen molar-refractivity contribution in [1.82, 2.24) is 4.31 Å². The van der Waals surface area contributed by atoms with E-state index in [0.29, 0.717) is 0 Å². The Morgan fingerprint density at radius 3 is 2.56 bits per heavy atom. The highest BCUT2D eigenvalue weighted by molar-refractivity contribution is 7.90. The van der Waals surface area contributed by atoms with Gasteiger partial charge in [-0.3, -0.25) is 0 Å². The molecule has 2 unspecified atom stereocenters. The number of rotatable bonds is 3. The molecule has 0 N–H and O–H groups in total. The standard InChI is InChI=1S/C10H15F3N2O2S/c1-2-9(6-14)18(16,17)15-5-3-4-8(7-15)10(11,12)13/h8-9H,2-5,7H2,1H3. The zero-order chi connectivity index (χ0) is 14.0. The number of hydrogen-bond acceptors (Lipinski definition) is 3. The summed E-state index contributed by atoms with van der Waals surface area (Å²) >= 11 is 0. The summed E-state index contributed by atoms with van der Waals surface area (Å²) in [5.74, 6) is -1.63. The molecule has 2 atom stereocenters. The quantitative estimate of drug-likeness (QED) is 0.795. The molecule has 4 nitrogen and oxygen atoms in total. The number of nitrogens with zero attached hydrogens (tertiary/aromatic N) is 2. The van der Waals surface area contributed by atoms with Crippen LogP contribution < -0.4 is 0 Å². The minimum atomic E-state index is -4.39. The van der Waals surface area contributed by atoms with Gasteiger partial charge in [-0.05, 0) is 19.3 Å². The largest absolute Gasteiger partial charge is 0.393 e. The van der Waals surface area contributed by atoms with Crippen LogP contribution in [0.15, 0.2) is 0 Å². The number of alkyl halides is 3. The average Bonchev–Trinajstić information content (AvgIpc) is 2.29. The molecule has 1 aliphatic heterocycles. The maximum Gasteiger partial charge on any atom is 0.393 e. The molecule has 1 heterocycles. The zero-order valence-electron chi connectivity index (χ0n) is 9.94. The van der Waals surface area contributed by atoms with E-state index < -0.39 is 33.9 Å². The van der Waals surface area contributed by atoms with Gasteiger partial charge in [-0.15, -0.1) is 0 Å². The first-order chi connectivity index (χ1) is 8.23. The molecule has 0 saturated carbocycles. The minimum absolute atomic E-state index is 0.0567. The fourth-order valence-corrected chi connectivity index (χ4v) is 3.67. The number of nitriles is 1. The lowest BCUT2D eigenvalue weighted by Crippen LogP contribution is -2.47. The van der Waals surface area contributed by atoms with Gasteiger partial charge < -0.3 is 0 Å². The normalized spacial score (nSPS) is 24.5. The highest BCUT2D eigenvalue weighted by atomic mass is 32.2. The van der Waals surface area contributed by atoms with Crippen LogP contribution in [0.4, 0.5) is 13.2 Å². The predicted octanol–water partition coefficient (Wildman–Crippen LogP) is 1.89. The smallest absolute Gasteiger partial charge is 0.211 e. The van der Waals surface area contributed by atoms with E-state index in [4.69, 9.17) is 5.26 Å². The van der Waals surface area contributed by atoms with E-state index >= 15 is 0 Å². The second-order valence-electron chi connectivity index (χ2n) is 4.31. The molecule has 0 aliphatic carbocycles. The molecule has 1 aliphatic rings. The van der Waals surface area contributed by atoms with Gasteiger partial charge >= 0.3 is 6.18 Å². The van der Waals surface area contributed by atoms with Gasteiger partial charge in [-0.1, -0.05) is 6.92 Å². The van der Waals surface area contributed by atoms with Crippen LogP contribution in [0.3, 0.4) is 0 Å². The molecule has 104 valence electrons. The van der Waals surface area contributed by atoms with Gasteiger partial charge in [0.2, 0.25) is 10.0 Å². The van der Waals surface area contributed by atoms with Crippen LogP contribution in [0.25, 0.3) is 0 Å². The minimum Gasteiger partial charge on any atom is -0.211 e. The molecule has 0 radical (unpaired) electrons. The summed E-state index contributed by atoms with van der Waals surface area (Å²) in [6, 6.07) is 1.63. The highest BCUT2D eigenvalue weighted by Gasteiger charge is 2.45. The Labute approximate surface area is 104 Å². The van der Waals surface area contributed by atoms with Gasteiger partial charge in [-0.2, -0.15) is 18.4 Å². The van der Waals surface area contributed by atoms with Crippen molar-refractivity contribution in [3.63, 3.8) is 0 Å². The average molecular weight is 284 g/mol. The fourth-order valence-electron chi connectivity index (χ4n) is 1.99. The summed E-state index contributed by atoms with van der Waals surface area (Å²) in [6.07, 6.45) is -4.20. The van der Waals surface area contributed by atoms with E-state index in [1.165, 1.54) is 6.92 Å². The summed E-state index contributed by atoms with van der Waals surface area (Å²) in [6.45, 7) is 1.02. The van der Waals surface area contributed by atoms with Gasteiger partial charge in [0.15, 0.2) is 5.25 Å². The molecule has 1 rings (SSSR count). The van der Waals surface area contributed by atoms with E-state index in [2.05, 4.69) is 0 Å². The summed E-state index contributed by atoms with van der Waals surface area (Å²) in [5.41, 5.74) is 0. The first kappa shape index (κ1) is 15.2. The molecule has 0 amide bonds. The van der Waals surface area contributed by atoms with Gasteiger partial charge in [-0.25, -0.2) is 12.7 Å². The predicted molar refractivity (Wildman–Crippen MR) is 59.0 cm³/mol. The lowest BCUT2D eigenvalue weighted by Gasteiger charge is -2.33. The molecule has 8 heteroatoms. The third kappa shape index (κ3) is 3.14. The van der Waals surface area contributed by atoms with Crippen LogP contribution in [-0.2, 0) is 10.0 Å². The monoisotopic (exact) mass is 284 g/mol. The van der Waals surface area contributed by atoms with E-state index in [1.807, 2.05) is 0 Å². The third-order valence-electron chi connectivity index (χ3n) is 3.08. The van der Waals surface area contributed by atoms with Crippen molar-refractivity contribution in [3.8, 4) is 6.07 Å². The van der Waals surface area contributed by atoms with E-state index in [0.717, 1.165) is 4.31 Å². The lowest BCUT2D eigenvalue weighted by molar-refractivity contribution is -0.182. The molecule has 0 spiro atoms. The molecule has 1 fully saturated rings. The SMILES string of the molecule is CCC(C#N)S(=O)(=O)N1CCCC(C(F)(F)F)C1. The van der Waals surface area contributed by atoms with E-state index in [-0.39, 0.29) is 25.8 Å². The van der Waals surface area contributed by atoms with Crippen molar-refractivity contribution in [2.45, 2.75) is 37.6 Å². The van der Waals surface area contributed by atoms with Gasteiger partial charge in [0.1, 0.15) is 0 Å². The summed E-state index contributed by atoms with van der Waals surface area (Å²) < 4.78 is 62.5. The molecular formula is C10H15F3N2O2S. The first-order valence-electron chi connectivity index (χ1n) is 5.68. The number of sulfonamides is 1. The van der Waals surface area contributed by atoms with Crippen LogP contribution in [0.2, 0.25) is 0 Å². The maximum atomic E-state index is 12.6. The molecule has 0 aromatic rings. The Bertz CT molecular complexity index is 427.